The molecule has 1 aliphatic heterocycles. The zero-order chi connectivity index (χ0) is 32.6. The Labute approximate surface area is 279 Å². The van der Waals surface area contributed by atoms with Crippen molar-refractivity contribution in [2.75, 3.05) is 10.2 Å². The van der Waals surface area contributed by atoms with Crippen molar-refractivity contribution in [1.82, 2.24) is 5.32 Å². The van der Waals surface area contributed by atoms with Crippen LogP contribution in [-0.4, -0.2) is 28.9 Å². The summed E-state index contributed by atoms with van der Waals surface area (Å²) in [5, 5.41) is 15.3. The van der Waals surface area contributed by atoms with Crippen LogP contribution in [0.4, 0.5) is 22.7 Å². The van der Waals surface area contributed by atoms with E-state index in [2.05, 4.69) is 20.9 Å². The summed E-state index contributed by atoms with van der Waals surface area (Å²) in [6, 6.07) is 35.5. The molecule has 4 amide bonds. The third-order valence-corrected chi connectivity index (χ3v) is 9.02. The van der Waals surface area contributed by atoms with Gasteiger partial charge in [0.2, 0.25) is 11.8 Å². The number of carbonyl (C=O) groups is 4. The molecule has 2 heterocycles. The Kier molecular flexibility index (Phi) is 9.75. The molecule has 0 bridgehead atoms. The van der Waals surface area contributed by atoms with Crippen LogP contribution in [0, 0.1) is 0 Å². The van der Waals surface area contributed by atoms with Crippen molar-refractivity contribution in [2.24, 2.45) is 10.2 Å². The number of thiophene rings is 1. The van der Waals surface area contributed by atoms with Gasteiger partial charge in [-0.1, -0.05) is 42.5 Å². The first kappa shape index (κ1) is 31.3. The lowest BCUT2D eigenvalue weighted by molar-refractivity contribution is -0.121. The van der Waals surface area contributed by atoms with Gasteiger partial charge in [-0.25, -0.2) is 4.90 Å². The number of benzene rings is 4. The number of nitrogens with zero attached hydrogens (tertiary/aromatic N) is 3. The summed E-state index contributed by atoms with van der Waals surface area (Å²) in [5.41, 5.74) is 2.83. The van der Waals surface area contributed by atoms with Crippen LogP contribution in [0.2, 0.25) is 0 Å². The Morgan fingerprint density at radius 1 is 0.787 bits per heavy atom. The van der Waals surface area contributed by atoms with E-state index in [0.29, 0.717) is 22.6 Å². The number of azo groups is 1. The summed E-state index contributed by atoms with van der Waals surface area (Å²) in [6.07, 6.45) is 1.69. The lowest BCUT2D eigenvalue weighted by Gasteiger charge is -2.15. The molecule has 11 heteroatoms. The lowest BCUT2D eigenvalue weighted by Crippen LogP contribution is -2.31. The molecule has 9 nitrogen and oxygen atoms in total. The summed E-state index contributed by atoms with van der Waals surface area (Å²) in [7, 11) is 0. The van der Waals surface area contributed by atoms with Crippen LogP contribution in [0.1, 0.15) is 21.7 Å². The van der Waals surface area contributed by atoms with Crippen molar-refractivity contribution in [1.29, 1.82) is 0 Å². The van der Waals surface area contributed by atoms with Crippen LogP contribution >= 0.6 is 23.1 Å². The van der Waals surface area contributed by atoms with E-state index in [0.717, 1.165) is 15.5 Å². The Morgan fingerprint density at radius 2 is 1.45 bits per heavy atom. The molecule has 1 unspecified atom stereocenters. The highest BCUT2D eigenvalue weighted by Crippen LogP contribution is 2.35. The van der Waals surface area contributed by atoms with Gasteiger partial charge in [-0.15, -0.1) is 23.1 Å². The van der Waals surface area contributed by atoms with E-state index >= 15 is 0 Å². The van der Waals surface area contributed by atoms with Crippen LogP contribution in [-0.2, 0) is 14.4 Å². The van der Waals surface area contributed by atoms with Gasteiger partial charge in [-0.2, -0.15) is 10.2 Å². The number of hydrogen-bond acceptors (Lipinski definition) is 8. The summed E-state index contributed by atoms with van der Waals surface area (Å²) in [6.45, 7) is 0. The first-order valence-electron chi connectivity index (χ1n) is 14.6. The highest BCUT2D eigenvalue weighted by atomic mass is 32.2. The first-order chi connectivity index (χ1) is 22.9. The van der Waals surface area contributed by atoms with Crippen LogP contribution in [0.15, 0.2) is 148 Å². The Hall–Kier alpha value is -5.65. The van der Waals surface area contributed by atoms with E-state index in [4.69, 9.17) is 0 Å². The maximum Gasteiger partial charge on any atom is 0.272 e. The summed E-state index contributed by atoms with van der Waals surface area (Å²) in [4.78, 5) is 55.0. The molecule has 0 spiro atoms. The second-order valence-electron chi connectivity index (χ2n) is 10.3. The maximum absolute atomic E-state index is 13.3. The molecule has 0 aliphatic carbocycles. The van der Waals surface area contributed by atoms with Gasteiger partial charge in [0.25, 0.3) is 11.8 Å². The average molecular weight is 658 g/mol. The minimum absolute atomic E-state index is 0.0649. The van der Waals surface area contributed by atoms with E-state index < -0.39 is 17.1 Å². The monoisotopic (exact) mass is 657 g/mol. The SMILES string of the molecule is O=C(Nc1ccc(SC2CC(=O)N(c3ccc(N=Nc4ccccc4)cc3)C2=O)cc1)C(=Cc1cccs1)NC(=O)c1ccccc1. The average Bonchev–Trinajstić information content (AvgIpc) is 3.72. The zero-order valence-corrected chi connectivity index (χ0v) is 26.4. The van der Waals surface area contributed by atoms with E-state index in [1.165, 1.54) is 28.0 Å². The van der Waals surface area contributed by atoms with E-state index in [1.54, 1.807) is 78.9 Å². The van der Waals surface area contributed by atoms with Gasteiger partial charge in [0, 0.05) is 27.4 Å². The molecule has 1 saturated heterocycles. The number of hydrogen-bond donors (Lipinski definition) is 2. The van der Waals surface area contributed by atoms with Crippen molar-refractivity contribution in [2.45, 2.75) is 16.6 Å². The van der Waals surface area contributed by atoms with Gasteiger partial charge in [0.15, 0.2) is 0 Å². The Morgan fingerprint density at radius 3 is 2.11 bits per heavy atom. The fourth-order valence-electron chi connectivity index (χ4n) is 4.68. The molecule has 4 aromatic carbocycles. The molecule has 0 radical (unpaired) electrons. The van der Waals surface area contributed by atoms with Crippen molar-refractivity contribution >= 4 is 75.6 Å². The molecule has 1 aromatic heterocycles. The molecule has 232 valence electrons. The van der Waals surface area contributed by atoms with Gasteiger partial charge >= 0.3 is 0 Å². The van der Waals surface area contributed by atoms with Crippen molar-refractivity contribution in [3.63, 3.8) is 0 Å². The van der Waals surface area contributed by atoms with Crippen molar-refractivity contribution in [3.8, 4) is 0 Å². The quantitative estimate of drug-likeness (QED) is 0.0896. The van der Waals surface area contributed by atoms with Gasteiger partial charge in [0.1, 0.15) is 5.70 Å². The second-order valence-corrected chi connectivity index (χ2v) is 12.6. The molecule has 47 heavy (non-hydrogen) atoms. The Balaban J connectivity index is 1.08. The summed E-state index contributed by atoms with van der Waals surface area (Å²) < 4.78 is 0. The van der Waals surface area contributed by atoms with Crippen LogP contribution in [0.3, 0.4) is 0 Å². The number of carbonyl (C=O) groups excluding carboxylic acids is 4. The van der Waals surface area contributed by atoms with Crippen LogP contribution in [0.5, 0.6) is 0 Å². The number of nitrogens with one attached hydrogen (secondary N) is 2. The highest BCUT2D eigenvalue weighted by Gasteiger charge is 2.40. The fraction of sp³-hybridized carbons (Fsp3) is 0.0556. The third kappa shape index (κ3) is 7.96. The maximum atomic E-state index is 13.3. The molecule has 6 rings (SSSR count). The molecule has 2 N–H and O–H groups in total. The van der Waals surface area contributed by atoms with Crippen LogP contribution in [0.25, 0.3) is 6.08 Å². The predicted molar refractivity (Wildman–Crippen MR) is 185 cm³/mol. The second kappa shape index (κ2) is 14.6. The highest BCUT2D eigenvalue weighted by molar-refractivity contribution is 8.00. The standard InChI is InChI=1S/C36H27N5O4S2/c42-33-23-32(36(45)41(33)28-17-13-27(14-18-28)40-39-26-10-5-2-6-11-26)47-29-19-15-25(16-20-29)37-35(44)31(22-30-12-7-21-46-30)38-34(43)24-8-3-1-4-9-24/h1-22,32H,23H2,(H,37,44)(H,38,43). The van der Waals surface area contributed by atoms with Gasteiger partial charge in [-0.05, 0) is 90.3 Å². The number of thioether (sulfide) groups is 1. The van der Waals surface area contributed by atoms with E-state index in [9.17, 15) is 19.2 Å². The molecule has 0 saturated carbocycles. The van der Waals surface area contributed by atoms with Crippen LogP contribution < -0.4 is 15.5 Å². The minimum Gasteiger partial charge on any atom is -0.321 e. The lowest BCUT2D eigenvalue weighted by atomic mass is 10.2. The molecule has 1 fully saturated rings. The predicted octanol–water partition coefficient (Wildman–Crippen LogP) is 8.00. The number of amides is 4. The van der Waals surface area contributed by atoms with E-state index in [-0.39, 0.29) is 23.9 Å². The fourth-order valence-corrected chi connectivity index (χ4v) is 6.39. The molecule has 1 atom stereocenters. The zero-order valence-electron chi connectivity index (χ0n) is 24.8. The molecular weight excluding hydrogens is 631 g/mol. The molecule has 1 aliphatic rings. The van der Waals surface area contributed by atoms with Gasteiger partial charge < -0.3 is 10.6 Å². The van der Waals surface area contributed by atoms with Gasteiger partial charge in [-0.3, -0.25) is 19.2 Å². The smallest absolute Gasteiger partial charge is 0.272 e. The first-order valence-corrected chi connectivity index (χ1v) is 16.3. The topological polar surface area (TPSA) is 120 Å². The number of rotatable bonds is 10. The van der Waals surface area contributed by atoms with E-state index in [1.807, 2.05) is 53.9 Å². The number of anilines is 2. The largest absolute Gasteiger partial charge is 0.321 e. The Bertz CT molecular complexity index is 1940. The minimum atomic E-state index is -0.589. The summed E-state index contributed by atoms with van der Waals surface area (Å²) in [5.74, 6) is -1.46. The third-order valence-electron chi connectivity index (χ3n) is 7.00. The number of imide groups is 1. The summed E-state index contributed by atoms with van der Waals surface area (Å²) >= 11 is 2.73. The van der Waals surface area contributed by atoms with Crippen molar-refractivity contribution < 1.29 is 19.2 Å². The van der Waals surface area contributed by atoms with Gasteiger partial charge in [0.05, 0.1) is 22.3 Å². The van der Waals surface area contributed by atoms with Crippen molar-refractivity contribution in [3.05, 3.63) is 143 Å². The normalized spacial score (nSPS) is 14.9. The molecular formula is C36H27N5O4S2. The molecule has 5 aromatic rings.